The van der Waals surface area contributed by atoms with Gasteiger partial charge in [0.1, 0.15) is 0 Å². The number of carbonyl (C=O) groups excluding carboxylic acids is 1. The van der Waals surface area contributed by atoms with Crippen LogP contribution in [0, 0.1) is 13.8 Å². The number of nitrogens with zero attached hydrogens (tertiary/aromatic N) is 5. The SMILES string of the molecule is CCN(C(=O)CSc1nnnn1-c1cccc(C)c1C)c1ccccc1. The van der Waals surface area contributed by atoms with Crippen LogP contribution in [-0.4, -0.2) is 38.4 Å². The molecule has 3 aromatic rings. The second-order valence-electron chi connectivity index (χ2n) is 5.85. The van der Waals surface area contributed by atoms with Crippen molar-refractivity contribution < 1.29 is 4.79 Å². The van der Waals surface area contributed by atoms with E-state index in [9.17, 15) is 4.79 Å². The second kappa shape index (κ2) is 8.14. The van der Waals surface area contributed by atoms with E-state index in [2.05, 4.69) is 28.5 Å². The molecule has 1 aromatic heterocycles. The molecule has 0 aliphatic carbocycles. The molecule has 1 amide bonds. The maximum absolute atomic E-state index is 12.7. The fraction of sp³-hybridized carbons (Fsp3) is 0.263. The van der Waals surface area contributed by atoms with Gasteiger partial charge >= 0.3 is 0 Å². The van der Waals surface area contributed by atoms with E-state index in [1.165, 1.54) is 17.3 Å². The highest BCUT2D eigenvalue weighted by molar-refractivity contribution is 7.99. The van der Waals surface area contributed by atoms with Gasteiger partial charge in [0, 0.05) is 12.2 Å². The fourth-order valence-electron chi connectivity index (χ4n) is 2.70. The molecule has 0 fully saturated rings. The Morgan fingerprint density at radius 2 is 1.88 bits per heavy atom. The van der Waals surface area contributed by atoms with Crippen molar-refractivity contribution in [3.63, 3.8) is 0 Å². The third-order valence-electron chi connectivity index (χ3n) is 4.26. The summed E-state index contributed by atoms with van der Waals surface area (Å²) < 4.78 is 1.69. The van der Waals surface area contributed by atoms with Crippen LogP contribution in [0.3, 0.4) is 0 Å². The van der Waals surface area contributed by atoms with Crippen molar-refractivity contribution in [1.29, 1.82) is 0 Å². The first-order chi connectivity index (χ1) is 12.6. The predicted octanol–water partition coefficient (Wildman–Crippen LogP) is 3.42. The van der Waals surface area contributed by atoms with Crippen LogP contribution in [0.15, 0.2) is 53.7 Å². The number of amides is 1. The zero-order valence-corrected chi connectivity index (χ0v) is 15.9. The lowest BCUT2D eigenvalue weighted by atomic mass is 10.1. The maximum atomic E-state index is 12.7. The third kappa shape index (κ3) is 3.77. The average molecular weight is 367 g/mol. The first kappa shape index (κ1) is 18.1. The van der Waals surface area contributed by atoms with Gasteiger partial charge in [-0.3, -0.25) is 4.79 Å². The lowest BCUT2D eigenvalue weighted by Gasteiger charge is -2.20. The second-order valence-corrected chi connectivity index (χ2v) is 6.80. The van der Waals surface area contributed by atoms with Gasteiger partial charge in [0.25, 0.3) is 0 Å². The number of tetrazole rings is 1. The molecule has 7 heteroatoms. The number of carbonyl (C=O) groups is 1. The highest BCUT2D eigenvalue weighted by atomic mass is 32.2. The average Bonchev–Trinajstić information content (AvgIpc) is 3.12. The molecule has 1 heterocycles. The molecule has 0 N–H and O–H groups in total. The van der Waals surface area contributed by atoms with E-state index in [1.807, 2.05) is 56.3 Å². The third-order valence-corrected chi connectivity index (χ3v) is 5.16. The van der Waals surface area contributed by atoms with Crippen molar-refractivity contribution in [1.82, 2.24) is 20.2 Å². The molecule has 0 saturated carbocycles. The zero-order chi connectivity index (χ0) is 18.5. The van der Waals surface area contributed by atoms with Crippen molar-refractivity contribution >= 4 is 23.4 Å². The topological polar surface area (TPSA) is 63.9 Å². The van der Waals surface area contributed by atoms with E-state index >= 15 is 0 Å². The highest BCUT2D eigenvalue weighted by Crippen LogP contribution is 2.23. The molecule has 2 aromatic carbocycles. The van der Waals surface area contributed by atoms with Crippen LogP contribution in [0.1, 0.15) is 18.1 Å². The van der Waals surface area contributed by atoms with Crippen LogP contribution in [0.25, 0.3) is 5.69 Å². The van der Waals surface area contributed by atoms with Crippen molar-refractivity contribution in [3.8, 4) is 5.69 Å². The molecular formula is C19H21N5OS. The van der Waals surface area contributed by atoms with Crippen LogP contribution in [0.5, 0.6) is 0 Å². The number of para-hydroxylation sites is 1. The Balaban J connectivity index is 1.76. The Morgan fingerprint density at radius 3 is 2.62 bits per heavy atom. The van der Waals surface area contributed by atoms with Crippen molar-refractivity contribution in [3.05, 3.63) is 59.7 Å². The standard InChI is InChI=1S/C19H21N5OS/c1-4-23(16-10-6-5-7-11-16)18(25)13-26-19-20-21-22-24(19)17-12-8-9-14(2)15(17)3/h5-12H,4,13H2,1-3H3. The van der Waals surface area contributed by atoms with E-state index in [0.717, 1.165) is 16.9 Å². The number of benzene rings is 2. The Morgan fingerprint density at radius 1 is 1.12 bits per heavy atom. The van der Waals surface area contributed by atoms with Crippen LogP contribution in [0.2, 0.25) is 0 Å². The molecule has 0 aliphatic heterocycles. The maximum Gasteiger partial charge on any atom is 0.237 e. The van der Waals surface area contributed by atoms with Gasteiger partial charge in [0.05, 0.1) is 11.4 Å². The van der Waals surface area contributed by atoms with E-state index in [4.69, 9.17) is 0 Å². The zero-order valence-electron chi connectivity index (χ0n) is 15.1. The summed E-state index contributed by atoms with van der Waals surface area (Å²) >= 11 is 1.35. The molecule has 6 nitrogen and oxygen atoms in total. The molecule has 134 valence electrons. The molecule has 0 unspecified atom stereocenters. The minimum Gasteiger partial charge on any atom is -0.312 e. The summed E-state index contributed by atoms with van der Waals surface area (Å²) in [5.74, 6) is 0.299. The molecule has 0 spiro atoms. The van der Waals surface area contributed by atoms with Gasteiger partial charge in [-0.25, -0.2) is 0 Å². The number of anilines is 1. The number of aromatic nitrogens is 4. The van der Waals surface area contributed by atoms with Crippen LogP contribution in [0.4, 0.5) is 5.69 Å². The fourth-order valence-corrected chi connectivity index (χ4v) is 3.46. The van der Waals surface area contributed by atoms with Gasteiger partial charge in [-0.15, -0.1) is 5.10 Å². The molecule has 0 saturated heterocycles. The predicted molar refractivity (Wildman–Crippen MR) is 104 cm³/mol. The van der Waals surface area contributed by atoms with E-state index in [1.54, 1.807) is 9.58 Å². The number of aryl methyl sites for hydroxylation is 1. The van der Waals surface area contributed by atoms with Crippen molar-refractivity contribution in [2.45, 2.75) is 25.9 Å². The summed E-state index contributed by atoms with van der Waals surface area (Å²) in [6, 6.07) is 15.7. The lowest BCUT2D eigenvalue weighted by molar-refractivity contribution is -0.116. The minimum atomic E-state index is 0.0271. The van der Waals surface area contributed by atoms with Crippen molar-refractivity contribution in [2.75, 3.05) is 17.2 Å². The van der Waals surface area contributed by atoms with E-state index in [-0.39, 0.29) is 11.7 Å². The van der Waals surface area contributed by atoms with Gasteiger partial charge in [0.2, 0.25) is 11.1 Å². The van der Waals surface area contributed by atoms with Gasteiger partial charge < -0.3 is 4.90 Å². The summed E-state index contributed by atoms with van der Waals surface area (Å²) in [7, 11) is 0. The van der Waals surface area contributed by atoms with Crippen molar-refractivity contribution in [2.24, 2.45) is 0 Å². The number of hydrogen-bond acceptors (Lipinski definition) is 5. The van der Waals surface area contributed by atoms with E-state index in [0.29, 0.717) is 11.7 Å². The quantitative estimate of drug-likeness (QED) is 0.625. The largest absolute Gasteiger partial charge is 0.312 e. The minimum absolute atomic E-state index is 0.0271. The van der Waals surface area contributed by atoms with Gasteiger partial charge in [0.15, 0.2) is 0 Å². The molecule has 0 atom stereocenters. The molecule has 3 rings (SSSR count). The van der Waals surface area contributed by atoms with Crippen LogP contribution < -0.4 is 4.90 Å². The molecule has 0 radical (unpaired) electrons. The highest BCUT2D eigenvalue weighted by Gasteiger charge is 2.17. The van der Waals surface area contributed by atoms with Crippen LogP contribution >= 0.6 is 11.8 Å². The number of rotatable bonds is 6. The summed E-state index contributed by atoms with van der Waals surface area (Å²) in [6.45, 7) is 6.68. The molecule has 26 heavy (non-hydrogen) atoms. The molecule has 0 bridgehead atoms. The van der Waals surface area contributed by atoms with E-state index < -0.39 is 0 Å². The Labute approximate surface area is 157 Å². The van der Waals surface area contributed by atoms with Gasteiger partial charge in [-0.1, -0.05) is 42.1 Å². The van der Waals surface area contributed by atoms with Gasteiger partial charge in [-0.2, -0.15) is 4.68 Å². The Bertz CT molecular complexity index is 894. The number of thioether (sulfide) groups is 1. The van der Waals surface area contributed by atoms with Gasteiger partial charge in [-0.05, 0) is 60.5 Å². The Hall–Kier alpha value is -2.67. The smallest absolute Gasteiger partial charge is 0.237 e. The Kier molecular flexibility index (Phi) is 5.68. The number of hydrogen-bond donors (Lipinski definition) is 0. The molecular weight excluding hydrogens is 346 g/mol. The summed E-state index contributed by atoms with van der Waals surface area (Å²) in [5, 5.41) is 12.6. The summed E-state index contributed by atoms with van der Waals surface area (Å²) in [5.41, 5.74) is 4.12. The summed E-state index contributed by atoms with van der Waals surface area (Å²) in [4.78, 5) is 14.4. The summed E-state index contributed by atoms with van der Waals surface area (Å²) in [6.07, 6.45) is 0. The normalized spacial score (nSPS) is 10.7. The lowest BCUT2D eigenvalue weighted by Crippen LogP contribution is -2.32. The van der Waals surface area contributed by atoms with Crippen LogP contribution in [-0.2, 0) is 4.79 Å². The molecule has 0 aliphatic rings. The first-order valence-electron chi connectivity index (χ1n) is 8.45. The first-order valence-corrected chi connectivity index (χ1v) is 9.43. The monoisotopic (exact) mass is 367 g/mol.